The molecule has 0 saturated heterocycles. The van der Waals surface area contributed by atoms with Crippen LogP contribution in [0.1, 0.15) is 10.4 Å². The molecule has 5 nitrogen and oxygen atoms in total. The molecule has 0 aromatic heterocycles. The molecule has 0 aliphatic carbocycles. The van der Waals surface area contributed by atoms with Gasteiger partial charge in [-0.2, -0.15) is 13.2 Å². The van der Waals surface area contributed by atoms with Crippen molar-refractivity contribution in [1.29, 1.82) is 0 Å². The molecule has 3 aromatic rings. The van der Waals surface area contributed by atoms with Gasteiger partial charge in [-0.05, 0) is 41.2 Å². The van der Waals surface area contributed by atoms with E-state index in [1.165, 1.54) is 24.3 Å². The van der Waals surface area contributed by atoms with Crippen LogP contribution in [0.25, 0.3) is 0 Å². The molecule has 0 fully saturated rings. The molecule has 3 aromatic carbocycles. The summed E-state index contributed by atoms with van der Waals surface area (Å²) in [7, 11) is -2.44. The average molecular weight is 488 g/mol. The van der Waals surface area contributed by atoms with Crippen molar-refractivity contribution >= 4 is 30.4 Å². The molecule has 0 aliphatic heterocycles. The molecule has 178 valence electrons. The summed E-state index contributed by atoms with van der Waals surface area (Å²) in [4.78, 5) is 22.8. The highest BCUT2D eigenvalue weighted by atomic mass is 28.4. The second kappa shape index (κ2) is 11.1. The Balaban J connectivity index is 1.54. The van der Waals surface area contributed by atoms with Crippen LogP contribution in [0.15, 0.2) is 84.9 Å². The highest BCUT2D eigenvalue weighted by Crippen LogP contribution is 2.16. The molecule has 0 heterocycles. The van der Waals surface area contributed by atoms with Gasteiger partial charge in [-0.1, -0.05) is 60.7 Å². The number of hydrogen-bond donors (Lipinski definition) is 1. The zero-order chi connectivity index (χ0) is 24.6. The zero-order valence-corrected chi connectivity index (χ0v) is 19.5. The first kappa shape index (κ1) is 25.2. The number of carbonyl (C=O) groups excluding carboxylic acids is 2. The lowest BCUT2D eigenvalue weighted by Crippen LogP contribution is -2.58. The summed E-state index contributed by atoms with van der Waals surface area (Å²) < 4.78 is 48.8. The molecule has 1 amide bonds. The maximum atomic E-state index is 12.2. The second-order valence-electron chi connectivity index (χ2n) is 7.59. The Labute approximate surface area is 196 Å². The summed E-state index contributed by atoms with van der Waals surface area (Å²) in [6.07, 6.45) is -4.98. The summed E-state index contributed by atoms with van der Waals surface area (Å²) in [6.45, 7) is 1.64. The van der Waals surface area contributed by atoms with Crippen molar-refractivity contribution in [1.82, 2.24) is 5.32 Å². The molecule has 34 heavy (non-hydrogen) atoms. The second-order valence-corrected chi connectivity index (χ2v) is 11.1. The lowest BCUT2D eigenvalue weighted by atomic mass is 10.2. The zero-order valence-electron chi connectivity index (χ0n) is 18.5. The summed E-state index contributed by atoms with van der Waals surface area (Å²) in [5, 5.41) is 4.24. The van der Waals surface area contributed by atoms with Crippen molar-refractivity contribution < 1.29 is 31.9 Å². The van der Waals surface area contributed by atoms with E-state index in [1.807, 2.05) is 41.7 Å². The summed E-state index contributed by atoms with van der Waals surface area (Å²) in [5.74, 6) is -2.31. The summed E-state index contributed by atoms with van der Waals surface area (Å²) in [5.41, 5.74) is 0.117. The molecule has 0 atom stereocenters. The predicted octanol–water partition coefficient (Wildman–Crippen LogP) is 3.33. The molecule has 3 rings (SSSR count). The van der Waals surface area contributed by atoms with Gasteiger partial charge in [-0.15, -0.1) is 0 Å². The van der Waals surface area contributed by atoms with Crippen LogP contribution in [0.4, 0.5) is 13.2 Å². The van der Waals surface area contributed by atoms with Gasteiger partial charge in [0.05, 0.1) is 13.2 Å². The number of benzene rings is 3. The number of carbonyl (C=O) groups is 2. The SMILES string of the molecule is C[Si](OCCOc1ccc(C(=O)NCC(=O)C(F)(F)F)cc1)(c1ccccc1)c1ccccc1. The van der Waals surface area contributed by atoms with Gasteiger partial charge >= 0.3 is 6.18 Å². The van der Waals surface area contributed by atoms with Crippen LogP contribution in [0, 0.1) is 0 Å². The number of alkyl halides is 3. The number of rotatable bonds is 10. The first-order chi connectivity index (χ1) is 16.2. The number of ether oxygens (including phenoxy) is 1. The quantitative estimate of drug-likeness (QED) is 0.352. The molecule has 0 radical (unpaired) electrons. The first-order valence-corrected chi connectivity index (χ1v) is 13.0. The van der Waals surface area contributed by atoms with Crippen LogP contribution in [-0.2, 0) is 9.22 Å². The van der Waals surface area contributed by atoms with E-state index in [0.29, 0.717) is 12.4 Å². The predicted molar refractivity (Wildman–Crippen MR) is 125 cm³/mol. The third kappa shape index (κ3) is 6.55. The van der Waals surface area contributed by atoms with Crippen LogP contribution in [-0.4, -0.2) is 45.9 Å². The van der Waals surface area contributed by atoms with E-state index in [-0.39, 0.29) is 12.2 Å². The van der Waals surface area contributed by atoms with E-state index >= 15 is 0 Å². The van der Waals surface area contributed by atoms with Gasteiger partial charge in [0.2, 0.25) is 0 Å². The highest BCUT2D eigenvalue weighted by Gasteiger charge is 2.38. The normalized spacial score (nSPS) is 11.6. The topological polar surface area (TPSA) is 64.6 Å². The maximum absolute atomic E-state index is 12.2. The van der Waals surface area contributed by atoms with E-state index in [2.05, 4.69) is 30.8 Å². The Morgan fingerprint density at radius 1 is 0.824 bits per heavy atom. The van der Waals surface area contributed by atoms with Gasteiger partial charge in [-0.25, -0.2) is 0 Å². The Hall–Kier alpha value is -3.43. The third-order valence-corrected chi connectivity index (χ3v) is 8.89. The Morgan fingerprint density at radius 2 is 1.35 bits per heavy atom. The van der Waals surface area contributed by atoms with Gasteiger partial charge in [0.15, 0.2) is 0 Å². The summed E-state index contributed by atoms with van der Waals surface area (Å²) >= 11 is 0. The third-order valence-electron chi connectivity index (χ3n) is 5.23. The van der Waals surface area contributed by atoms with Crippen LogP contribution >= 0.6 is 0 Å². The van der Waals surface area contributed by atoms with Crippen LogP contribution < -0.4 is 20.4 Å². The van der Waals surface area contributed by atoms with Gasteiger partial charge in [0.1, 0.15) is 12.4 Å². The number of nitrogens with one attached hydrogen (secondary N) is 1. The average Bonchev–Trinajstić information content (AvgIpc) is 2.85. The fourth-order valence-electron chi connectivity index (χ4n) is 3.32. The number of halogens is 3. The van der Waals surface area contributed by atoms with Crippen molar-refractivity contribution in [3.63, 3.8) is 0 Å². The van der Waals surface area contributed by atoms with Crippen LogP contribution in [0.5, 0.6) is 5.75 Å². The number of amides is 1. The molecular formula is C25H24F3NO4Si. The minimum atomic E-state index is -4.98. The number of Topliss-reactive ketones (excluding diaryl/α,β-unsaturated/α-hetero) is 1. The number of ketones is 1. The van der Waals surface area contributed by atoms with E-state index in [0.717, 1.165) is 10.4 Å². The Bertz CT molecular complexity index is 1050. The standard InChI is InChI=1S/C25H24F3NO4Si/c1-34(21-8-4-2-5-9-21,22-10-6-3-7-11-22)33-17-16-32-20-14-12-19(13-15-20)24(31)29-18-23(30)25(26,27)28/h2-15H,16-18H2,1H3,(H,29,31). The summed E-state index contributed by atoms with van der Waals surface area (Å²) in [6, 6.07) is 26.0. The minimum Gasteiger partial charge on any atom is -0.491 e. The molecule has 0 aliphatic rings. The maximum Gasteiger partial charge on any atom is 0.451 e. The van der Waals surface area contributed by atoms with Crippen LogP contribution in [0.3, 0.4) is 0 Å². The largest absolute Gasteiger partial charge is 0.491 e. The number of hydrogen-bond acceptors (Lipinski definition) is 4. The molecule has 0 bridgehead atoms. The van der Waals surface area contributed by atoms with Crippen molar-refractivity contribution in [3.05, 3.63) is 90.5 Å². The van der Waals surface area contributed by atoms with E-state index in [4.69, 9.17) is 9.16 Å². The van der Waals surface area contributed by atoms with Crippen molar-refractivity contribution in [2.24, 2.45) is 0 Å². The fourth-order valence-corrected chi connectivity index (χ4v) is 6.13. The highest BCUT2D eigenvalue weighted by molar-refractivity contribution is 6.96. The first-order valence-electron chi connectivity index (χ1n) is 10.6. The lowest BCUT2D eigenvalue weighted by Gasteiger charge is -2.28. The molecule has 0 spiro atoms. The van der Waals surface area contributed by atoms with E-state index in [1.54, 1.807) is 0 Å². The van der Waals surface area contributed by atoms with Gasteiger partial charge in [0, 0.05) is 5.56 Å². The lowest BCUT2D eigenvalue weighted by molar-refractivity contribution is -0.169. The van der Waals surface area contributed by atoms with E-state index < -0.39 is 32.7 Å². The van der Waals surface area contributed by atoms with Gasteiger partial charge in [-0.3, -0.25) is 9.59 Å². The van der Waals surface area contributed by atoms with E-state index in [9.17, 15) is 22.8 Å². The van der Waals surface area contributed by atoms with Crippen molar-refractivity contribution in [2.45, 2.75) is 12.7 Å². The van der Waals surface area contributed by atoms with Gasteiger partial charge < -0.3 is 14.5 Å². The molecule has 1 N–H and O–H groups in total. The monoisotopic (exact) mass is 487 g/mol. The van der Waals surface area contributed by atoms with Crippen molar-refractivity contribution in [2.75, 3.05) is 19.8 Å². The smallest absolute Gasteiger partial charge is 0.451 e. The fraction of sp³-hybridized carbons (Fsp3) is 0.200. The Morgan fingerprint density at radius 3 is 1.85 bits per heavy atom. The van der Waals surface area contributed by atoms with Crippen LogP contribution in [0.2, 0.25) is 6.55 Å². The van der Waals surface area contributed by atoms with Crippen molar-refractivity contribution in [3.8, 4) is 5.75 Å². The minimum absolute atomic E-state index is 0.117. The molecular weight excluding hydrogens is 463 g/mol. The Kier molecular flexibility index (Phi) is 8.25. The van der Waals surface area contributed by atoms with Gasteiger partial charge in [0.25, 0.3) is 20.0 Å². The molecule has 0 unspecified atom stereocenters. The molecule has 9 heteroatoms. The molecule has 0 saturated carbocycles.